The van der Waals surface area contributed by atoms with Crippen molar-refractivity contribution in [3.8, 4) is 0 Å². The van der Waals surface area contributed by atoms with E-state index in [1.165, 1.54) is 0 Å². The predicted octanol–water partition coefficient (Wildman–Crippen LogP) is 0.139. The van der Waals surface area contributed by atoms with Crippen molar-refractivity contribution in [1.82, 2.24) is 4.57 Å². The number of methoxy groups -OCH3 is 2. The number of aryl methyl sites for hydroxylation is 1. The minimum absolute atomic E-state index is 0.574. The van der Waals surface area contributed by atoms with E-state index in [9.17, 15) is 0 Å². The minimum atomic E-state index is 0.574. The molecule has 0 saturated carbocycles. The van der Waals surface area contributed by atoms with Gasteiger partial charge in [0.25, 0.3) is 5.82 Å². The third-order valence-electron chi connectivity index (χ3n) is 2.78. The Morgan fingerprint density at radius 1 is 1.00 bits per heavy atom. The Bertz CT molecular complexity index is 341. The lowest BCUT2D eigenvalue weighted by Gasteiger charge is -2.05. The molecule has 0 radical (unpaired) electrons. The summed E-state index contributed by atoms with van der Waals surface area (Å²) in [7, 11) is 5.35. The topological polar surface area (TPSA) is 45.7 Å². The molecule has 6 heteroatoms. The largest absolute Gasteiger partial charge is 0.382 e. The van der Waals surface area contributed by atoms with Crippen LogP contribution in [-0.2, 0) is 39.1 Å². The van der Waals surface area contributed by atoms with Gasteiger partial charge >= 0.3 is 0 Å². The van der Waals surface area contributed by atoms with Crippen molar-refractivity contribution < 1.29 is 23.5 Å². The SMILES string of the molecule is COCCOCCn1cc[n+](C)c1COCCOC. The highest BCUT2D eigenvalue weighted by atomic mass is 16.5. The van der Waals surface area contributed by atoms with Crippen LogP contribution >= 0.6 is 0 Å². The third kappa shape index (κ3) is 6.15. The summed E-state index contributed by atoms with van der Waals surface area (Å²) in [4.78, 5) is 0. The van der Waals surface area contributed by atoms with E-state index >= 15 is 0 Å². The van der Waals surface area contributed by atoms with Crippen LogP contribution in [0.1, 0.15) is 5.82 Å². The number of hydrogen-bond donors (Lipinski definition) is 0. The molecule has 0 aliphatic rings. The van der Waals surface area contributed by atoms with Crippen LogP contribution in [0.5, 0.6) is 0 Å². The third-order valence-corrected chi connectivity index (χ3v) is 2.78. The number of rotatable bonds is 11. The molecule has 0 bridgehead atoms. The monoisotopic (exact) mass is 273 g/mol. The highest BCUT2D eigenvalue weighted by Gasteiger charge is 2.14. The molecule has 1 aromatic rings. The van der Waals surface area contributed by atoms with Gasteiger partial charge in [0.2, 0.25) is 0 Å². The van der Waals surface area contributed by atoms with Gasteiger partial charge in [-0.2, -0.15) is 0 Å². The maximum Gasteiger partial charge on any atom is 0.282 e. The second-order valence-electron chi connectivity index (χ2n) is 4.17. The van der Waals surface area contributed by atoms with Crippen LogP contribution in [0.15, 0.2) is 12.4 Å². The predicted molar refractivity (Wildman–Crippen MR) is 69.8 cm³/mol. The van der Waals surface area contributed by atoms with Gasteiger partial charge in [0, 0.05) is 14.2 Å². The van der Waals surface area contributed by atoms with Gasteiger partial charge in [-0.3, -0.25) is 0 Å². The van der Waals surface area contributed by atoms with E-state index in [0.29, 0.717) is 39.6 Å². The molecule has 0 saturated heterocycles. The number of imidazole rings is 1. The van der Waals surface area contributed by atoms with Crippen LogP contribution < -0.4 is 4.57 Å². The molecule has 0 fully saturated rings. The Morgan fingerprint density at radius 3 is 2.37 bits per heavy atom. The zero-order valence-electron chi connectivity index (χ0n) is 12.1. The summed E-state index contributed by atoms with van der Waals surface area (Å²) < 4.78 is 25.1. The molecule has 19 heavy (non-hydrogen) atoms. The van der Waals surface area contributed by atoms with Gasteiger partial charge in [-0.1, -0.05) is 0 Å². The number of ether oxygens (including phenoxy) is 4. The molecule has 1 heterocycles. The zero-order chi connectivity index (χ0) is 13.9. The van der Waals surface area contributed by atoms with Gasteiger partial charge in [0.05, 0.1) is 40.1 Å². The van der Waals surface area contributed by atoms with Crippen molar-refractivity contribution in [2.75, 3.05) is 47.3 Å². The van der Waals surface area contributed by atoms with Crippen LogP contribution in [0, 0.1) is 0 Å². The Labute approximate surface area is 114 Å². The average Bonchev–Trinajstić information content (AvgIpc) is 2.76. The molecule has 0 spiro atoms. The number of nitrogens with zero attached hydrogens (tertiary/aromatic N) is 2. The summed E-state index contributed by atoms with van der Waals surface area (Å²) in [5.41, 5.74) is 0. The van der Waals surface area contributed by atoms with Crippen molar-refractivity contribution in [2.45, 2.75) is 13.2 Å². The minimum Gasteiger partial charge on any atom is -0.382 e. The van der Waals surface area contributed by atoms with E-state index in [2.05, 4.69) is 9.13 Å². The second-order valence-corrected chi connectivity index (χ2v) is 4.17. The lowest BCUT2D eigenvalue weighted by atomic mass is 10.5. The number of hydrogen-bond acceptors (Lipinski definition) is 4. The zero-order valence-corrected chi connectivity index (χ0v) is 12.1. The first-order valence-electron chi connectivity index (χ1n) is 6.46. The number of aromatic nitrogens is 2. The molecule has 110 valence electrons. The molecule has 0 unspecified atom stereocenters. The Balaban J connectivity index is 2.32. The van der Waals surface area contributed by atoms with Crippen molar-refractivity contribution in [1.29, 1.82) is 0 Å². The van der Waals surface area contributed by atoms with Crippen molar-refractivity contribution >= 4 is 0 Å². The molecule has 1 rings (SSSR count). The molecule has 0 aromatic carbocycles. The first-order valence-corrected chi connectivity index (χ1v) is 6.46. The van der Waals surface area contributed by atoms with E-state index in [1.54, 1.807) is 14.2 Å². The fourth-order valence-electron chi connectivity index (χ4n) is 1.66. The first-order chi connectivity index (χ1) is 9.29. The van der Waals surface area contributed by atoms with Crippen LogP contribution in [0.25, 0.3) is 0 Å². The van der Waals surface area contributed by atoms with Gasteiger partial charge in [0.1, 0.15) is 25.5 Å². The summed E-state index contributed by atoms with van der Waals surface area (Å²) >= 11 is 0. The van der Waals surface area contributed by atoms with Crippen LogP contribution in [0.2, 0.25) is 0 Å². The van der Waals surface area contributed by atoms with Crippen molar-refractivity contribution in [3.05, 3.63) is 18.2 Å². The molecule has 0 atom stereocenters. The van der Waals surface area contributed by atoms with E-state index in [-0.39, 0.29) is 0 Å². The smallest absolute Gasteiger partial charge is 0.282 e. The second kappa shape index (κ2) is 9.91. The Hall–Kier alpha value is -0.950. The molecule has 0 amide bonds. The maximum atomic E-state index is 5.56. The van der Waals surface area contributed by atoms with Crippen LogP contribution in [0.3, 0.4) is 0 Å². The molecule has 0 aliphatic heterocycles. The Kier molecular flexibility index (Phi) is 8.40. The van der Waals surface area contributed by atoms with E-state index < -0.39 is 0 Å². The molecular formula is C13H25N2O4+. The summed E-state index contributed by atoms with van der Waals surface area (Å²) in [6.07, 6.45) is 4.05. The van der Waals surface area contributed by atoms with Gasteiger partial charge in [-0.05, 0) is 0 Å². The summed E-state index contributed by atoms with van der Waals surface area (Å²) in [6.45, 7) is 4.54. The summed E-state index contributed by atoms with van der Waals surface area (Å²) in [5, 5.41) is 0. The van der Waals surface area contributed by atoms with Gasteiger partial charge in [-0.25, -0.2) is 9.13 Å². The normalized spacial score (nSPS) is 11.1. The fourth-order valence-corrected chi connectivity index (χ4v) is 1.66. The van der Waals surface area contributed by atoms with Crippen LogP contribution in [-0.4, -0.2) is 51.8 Å². The molecule has 6 nitrogen and oxygen atoms in total. The average molecular weight is 273 g/mol. The summed E-state index contributed by atoms with van der Waals surface area (Å²) in [5.74, 6) is 1.12. The highest BCUT2D eigenvalue weighted by molar-refractivity contribution is 4.81. The van der Waals surface area contributed by atoms with Gasteiger partial charge in [-0.15, -0.1) is 0 Å². The fraction of sp³-hybridized carbons (Fsp3) is 0.769. The van der Waals surface area contributed by atoms with Gasteiger partial charge < -0.3 is 18.9 Å². The lowest BCUT2D eigenvalue weighted by molar-refractivity contribution is -0.681. The maximum absolute atomic E-state index is 5.56. The highest BCUT2D eigenvalue weighted by Crippen LogP contribution is 1.98. The first kappa shape index (κ1) is 16.1. The quantitative estimate of drug-likeness (QED) is 0.425. The molecular weight excluding hydrogens is 248 g/mol. The standard InChI is InChI=1S/C13H25N2O4/c1-14-4-5-15(6-7-18-10-8-16-2)13(14)12-19-11-9-17-3/h4-5H,6-12H2,1-3H3/q+1. The van der Waals surface area contributed by atoms with Crippen LogP contribution in [0.4, 0.5) is 0 Å². The van der Waals surface area contributed by atoms with E-state index in [4.69, 9.17) is 18.9 Å². The Morgan fingerprint density at radius 2 is 1.68 bits per heavy atom. The lowest BCUT2D eigenvalue weighted by Crippen LogP contribution is -2.33. The van der Waals surface area contributed by atoms with Crippen molar-refractivity contribution in [3.63, 3.8) is 0 Å². The van der Waals surface area contributed by atoms with Gasteiger partial charge in [0.15, 0.2) is 0 Å². The molecule has 1 aromatic heterocycles. The van der Waals surface area contributed by atoms with Crippen molar-refractivity contribution in [2.24, 2.45) is 7.05 Å². The van der Waals surface area contributed by atoms with E-state index in [1.807, 2.05) is 19.4 Å². The molecule has 0 aliphatic carbocycles. The van der Waals surface area contributed by atoms with E-state index in [0.717, 1.165) is 12.4 Å². The molecule has 0 N–H and O–H groups in total. The summed E-state index contributed by atoms with van der Waals surface area (Å²) in [6, 6.07) is 0.